The van der Waals surface area contributed by atoms with Gasteiger partial charge in [-0.15, -0.1) is 0 Å². The first-order valence-corrected chi connectivity index (χ1v) is 8.00. The summed E-state index contributed by atoms with van der Waals surface area (Å²) >= 11 is 0. The SMILES string of the molecule is Cc1ncc(-c2onc(C)c2C)c(CCNC(=O)c2ccncc2)n1. The monoisotopic (exact) mass is 337 g/mol. The van der Waals surface area contributed by atoms with E-state index in [-0.39, 0.29) is 5.91 Å². The molecule has 0 saturated heterocycles. The molecule has 3 aromatic heterocycles. The molecule has 3 rings (SSSR count). The molecule has 0 spiro atoms. The molecule has 25 heavy (non-hydrogen) atoms. The molecule has 128 valence electrons. The summed E-state index contributed by atoms with van der Waals surface area (Å²) in [7, 11) is 0. The first-order valence-electron chi connectivity index (χ1n) is 8.00. The van der Waals surface area contributed by atoms with Crippen LogP contribution in [0.5, 0.6) is 0 Å². The number of pyridine rings is 1. The van der Waals surface area contributed by atoms with E-state index < -0.39 is 0 Å². The Kier molecular flexibility index (Phi) is 4.83. The van der Waals surface area contributed by atoms with Gasteiger partial charge in [0.25, 0.3) is 5.91 Å². The second kappa shape index (κ2) is 7.21. The third-order valence-corrected chi connectivity index (χ3v) is 3.98. The third kappa shape index (κ3) is 3.71. The van der Waals surface area contributed by atoms with Crippen LogP contribution in [0.3, 0.4) is 0 Å². The lowest BCUT2D eigenvalue weighted by Gasteiger charge is -2.09. The Morgan fingerprint density at radius 1 is 1.20 bits per heavy atom. The van der Waals surface area contributed by atoms with E-state index in [2.05, 4.69) is 25.4 Å². The predicted octanol–water partition coefficient (Wildman–Crippen LogP) is 2.42. The molecule has 0 aliphatic rings. The van der Waals surface area contributed by atoms with Crippen LogP contribution in [0.25, 0.3) is 11.3 Å². The fraction of sp³-hybridized carbons (Fsp3) is 0.278. The number of hydrogen-bond donors (Lipinski definition) is 1. The van der Waals surface area contributed by atoms with Gasteiger partial charge in [0.1, 0.15) is 5.82 Å². The molecule has 3 aromatic rings. The van der Waals surface area contributed by atoms with Gasteiger partial charge in [-0.1, -0.05) is 5.16 Å². The van der Waals surface area contributed by atoms with E-state index in [1.165, 1.54) is 0 Å². The molecule has 0 saturated carbocycles. The number of amides is 1. The fourth-order valence-electron chi connectivity index (χ4n) is 2.46. The van der Waals surface area contributed by atoms with Crippen molar-refractivity contribution >= 4 is 5.91 Å². The van der Waals surface area contributed by atoms with E-state index in [9.17, 15) is 4.79 Å². The van der Waals surface area contributed by atoms with Crippen molar-refractivity contribution in [3.8, 4) is 11.3 Å². The summed E-state index contributed by atoms with van der Waals surface area (Å²) in [4.78, 5) is 24.8. The summed E-state index contributed by atoms with van der Waals surface area (Å²) < 4.78 is 5.43. The minimum Gasteiger partial charge on any atom is -0.356 e. The zero-order valence-electron chi connectivity index (χ0n) is 14.4. The maximum atomic E-state index is 12.1. The molecule has 1 N–H and O–H groups in total. The highest BCUT2D eigenvalue weighted by Gasteiger charge is 2.17. The summed E-state index contributed by atoms with van der Waals surface area (Å²) in [6, 6.07) is 3.35. The Bertz CT molecular complexity index is 890. The van der Waals surface area contributed by atoms with Gasteiger partial charge in [-0.3, -0.25) is 9.78 Å². The molecule has 0 aliphatic carbocycles. The first-order chi connectivity index (χ1) is 12.1. The van der Waals surface area contributed by atoms with Gasteiger partial charge in [0, 0.05) is 42.7 Å². The number of rotatable bonds is 5. The lowest BCUT2D eigenvalue weighted by Crippen LogP contribution is -2.26. The lowest BCUT2D eigenvalue weighted by atomic mass is 10.1. The van der Waals surface area contributed by atoms with Crippen molar-refractivity contribution in [3.05, 3.63) is 59.1 Å². The summed E-state index contributed by atoms with van der Waals surface area (Å²) in [5.41, 5.74) is 4.02. The molecule has 3 heterocycles. The maximum absolute atomic E-state index is 12.1. The molecule has 7 heteroatoms. The summed E-state index contributed by atoms with van der Waals surface area (Å²) in [5.74, 6) is 1.21. The Hall–Kier alpha value is -3.09. The number of carbonyl (C=O) groups is 1. The Labute approximate surface area is 145 Å². The first kappa shape index (κ1) is 16.8. The average Bonchev–Trinajstić information content (AvgIpc) is 2.95. The van der Waals surface area contributed by atoms with E-state index in [1.807, 2.05) is 20.8 Å². The second-order valence-electron chi connectivity index (χ2n) is 5.74. The average molecular weight is 337 g/mol. The molecule has 0 atom stereocenters. The number of aromatic nitrogens is 4. The van der Waals surface area contributed by atoms with Gasteiger partial charge in [0.2, 0.25) is 0 Å². The van der Waals surface area contributed by atoms with Gasteiger partial charge >= 0.3 is 0 Å². The molecule has 1 amide bonds. The number of nitrogens with one attached hydrogen (secondary N) is 1. The third-order valence-electron chi connectivity index (χ3n) is 3.98. The van der Waals surface area contributed by atoms with E-state index in [0.29, 0.717) is 30.1 Å². The van der Waals surface area contributed by atoms with E-state index >= 15 is 0 Å². The molecule has 0 radical (unpaired) electrons. The maximum Gasteiger partial charge on any atom is 0.251 e. The van der Waals surface area contributed by atoms with E-state index in [0.717, 1.165) is 22.5 Å². The number of nitrogens with zero attached hydrogens (tertiary/aromatic N) is 4. The standard InChI is InChI=1S/C18H19N5O2/c1-11-12(2)23-25-17(11)15-10-21-13(3)22-16(15)6-9-20-18(24)14-4-7-19-8-5-14/h4-5,7-8,10H,6,9H2,1-3H3,(H,20,24). The smallest absolute Gasteiger partial charge is 0.251 e. The minimum atomic E-state index is -0.138. The molecule has 0 bridgehead atoms. The van der Waals surface area contributed by atoms with Crippen molar-refractivity contribution in [3.63, 3.8) is 0 Å². The summed E-state index contributed by atoms with van der Waals surface area (Å²) in [6.45, 7) is 6.14. The lowest BCUT2D eigenvalue weighted by molar-refractivity contribution is 0.0954. The summed E-state index contributed by atoms with van der Waals surface area (Å²) in [5, 5.41) is 6.89. The van der Waals surface area contributed by atoms with Crippen molar-refractivity contribution in [2.45, 2.75) is 27.2 Å². The molecule has 0 aliphatic heterocycles. The van der Waals surface area contributed by atoms with Crippen molar-refractivity contribution in [2.24, 2.45) is 0 Å². The number of hydrogen-bond acceptors (Lipinski definition) is 6. The molecule has 7 nitrogen and oxygen atoms in total. The summed E-state index contributed by atoms with van der Waals surface area (Å²) in [6.07, 6.45) is 5.50. The van der Waals surface area contributed by atoms with E-state index in [1.54, 1.807) is 30.7 Å². The molecule has 0 unspecified atom stereocenters. The van der Waals surface area contributed by atoms with Crippen LogP contribution in [0.2, 0.25) is 0 Å². The van der Waals surface area contributed by atoms with Gasteiger partial charge in [0.15, 0.2) is 5.76 Å². The van der Waals surface area contributed by atoms with Crippen LogP contribution in [0.15, 0.2) is 35.2 Å². The van der Waals surface area contributed by atoms with Crippen molar-refractivity contribution in [1.82, 2.24) is 25.4 Å². The van der Waals surface area contributed by atoms with Crippen molar-refractivity contribution < 1.29 is 9.32 Å². The fourth-order valence-corrected chi connectivity index (χ4v) is 2.46. The van der Waals surface area contributed by atoms with Gasteiger partial charge in [-0.05, 0) is 32.9 Å². The highest BCUT2D eigenvalue weighted by molar-refractivity contribution is 5.93. The van der Waals surface area contributed by atoms with Crippen LogP contribution in [-0.2, 0) is 6.42 Å². The molecule has 0 aromatic carbocycles. The molecule has 0 fully saturated rings. The van der Waals surface area contributed by atoms with Crippen LogP contribution in [0.1, 0.15) is 33.1 Å². The van der Waals surface area contributed by atoms with Crippen LogP contribution < -0.4 is 5.32 Å². The van der Waals surface area contributed by atoms with Gasteiger partial charge in [-0.25, -0.2) is 9.97 Å². The Morgan fingerprint density at radius 3 is 2.64 bits per heavy atom. The van der Waals surface area contributed by atoms with Gasteiger partial charge in [0.05, 0.1) is 17.0 Å². The topological polar surface area (TPSA) is 93.8 Å². The Balaban J connectivity index is 1.75. The number of aryl methyl sites for hydroxylation is 2. The largest absolute Gasteiger partial charge is 0.356 e. The van der Waals surface area contributed by atoms with Gasteiger partial charge < -0.3 is 9.84 Å². The molecular formula is C18H19N5O2. The Morgan fingerprint density at radius 2 is 1.96 bits per heavy atom. The van der Waals surface area contributed by atoms with Crippen LogP contribution in [0, 0.1) is 20.8 Å². The highest BCUT2D eigenvalue weighted by atomic mass is 16.5. The van der Waals surface area contributed by atoms with Crippen LogP contribution >= 0.6 is 0 Å². The van der Waals surface area contributed by atoms with E-state index in [4.69, 9.17) is 4.52 Å². The highest BCUT2D eigenvalue weighted by Crippen LogP contribution is 2.27. The normalized spacial score (nSPS) is 10.7. The molecular weight excluding hydrogens is 318 g/mol. The zero-order valence-corrected chi connectivity index (χ0v) is 14.4. The quantitative estimate of drug-likeness (QED) is 0.768. The van der Waals surface area contributed by atoms with Crippen LogP contribution in [0.4, 0.5) is 0 Å². The van der Waals surface area contributed by atoms with Crippen LogP contribution in [-0.4, -0.2) is 32.6 Å². The van der Waals surface area contributed by atoms with Crippen molar-refractivity contribution in [1.29, 1.82) is 0 Å². The zero-order chi connectivity index (χ0) is 17.8. The minimum absolute atomic E-state index is 0.138. The predicted molar refractivity (Wildman–Crippen MR) is 92.0 cm³/mol. The number of carbonyl (C=O) groups excluding carboxylic acids is 1. The van der Waals surface area contributed by atoms with Crippen molar-refractivity contribution in [2.75, 3.05) is 6.54 Å². The van der Waals surface area contributed by atoms with Gasteiger partial charge in [-0.2, -0.15) is 0 Å². The second-order valence-corrected chi connectivity index (χ2v) is 5.74.